The summed E-state index contributed by atoms with van der Waals surface area (Å²) in [4.78, 5) is 22.7. The maximum absolute atomic E-state index is 11.6. The van der Waals surface area contributed by atoms with Gasteiger partial charge in [-0.3, -0.25) is 5.43 Å². The van der Waals surface area contributed by atoms with Crippen LogP contribution < -0.4 is 21.5 Å². The predicted molar refractivity (Wildman–Crippen MR) is 69.5 cm³/mol. The smallest absolute Gasteiger partial charge is 0.338 e. The van der Waals surface area contributed by atoms with Crippen molar-refractivity contribution in [3.63, 3.8) is 0 Å². The van der Waals surface area contributed by atoms with Crippen LogP contribution >= 0.6 is 0 Å². The van der Waals surface area contributed by atoms with Crippen molar-refractivity contribution in [3.05, 3.63) is 29.8 Å². The standard InChI is InChI=1S/C12H16N4O3/c1-2-19-11(17)8-4-3-5-9(6-8)14-10-7-13-16-12(18)15-10/h3-6,10,13-14H,2,7H2,1H3,(H2,15,16,18). The van der Waals surface area contributed by atoms with Gasteiger partial charge in [0.1, 0.15) is 6.17 Å². The summed E-state index contributed by atoms with van der Waals surface area (Å²) in [7, 11) is 0. The molecule has 0 aliphatic carbocycles. The molecule has 7 heteroatoms. The van der Waals surface area contributed by atoms with Crippen LogP contribution in [0.4, 0.5) is 10.5 Å². The fraction of sp³-hybridized carbons (Fsp3) is 0.333. The molecule has 1 atom stereocenters. The summed E-state index contributed by atoms with van der Waals surface area (Å²) in [6.45, 7) is 2.62. The topological polar surface area (TPSA) is 91.5 Å². The quantitative estimate of drug-likeness (QED) is 0.592. The molecule has 0 saturated carbocycles. The number of hydrogen-bond donors (Lipinski definition) is 4. The van der Waals surface area contributed by atoms with Crippen molar-refractivity contribution in [2.24, 2.45) is 0 Å². The van der Waals surface area contributed by atoms with Gasteiger partial charge in [0.05, 0.1) is 18.7 Å². The second kappa shape index (κ2) is 6.05. The Bertz CT molecular complexity index is 478. The normalized spacial score (nSPS) is 18.2. The Hall–Kier alpha value is -2.28. The summed E-state index contributed by atoms with van der Waals surface area (Å²) in [5.41, 5.74) is 6.38. The molecule has 0 bridgehead atoms. The van der Waals surface area contributed by atoms with Crippen molar-refractivity contribution in [2.75, 3.05) is 18.5 Å². The molecule has 2 amide bonds. The zero-order valence-corrected chi connectivity index (χ0v) is 10.5. The number of amides is 2. The number of hydrogen-bond acceptors (Lipinski definition) is 5. The van der Waals surface area contributed by atoms with Crippen LogP contribution in [0, 0.1) is 0 Å². The molecule has 0 radical (unpaired) electrons. The maximum atomic E-state index is 11.6. The van der Waals surface area contributed by atoms with E-state index in [4.69, 9.17) is 4.74 Å². The van der Waals surface area contributed by atoms with Crippen LogP contribution in [0.1, 0.15) is 17.3 Å². The van der Waals surface area contributed by atoms with Crippen molar-refractivity contribution in [1.82, 2.24) is 16.2 Å². The average Bonchev–Trinajstić information content (AvgIpc) is 2.39. The lowest BCUT2D eigenvalue weighted by Crippen LogP contribution is -2.61. The van der Waals surface area contributed by atoms with Crippen LogP contribution in [0.25, 0.3) is 0 Å². The van der Waals surface area contributed by atoms with Gasteiger partial charge in [0.2, 0.25) is 0 Å². The van der Waals surface area contributed by atoms with E-state index in [-0.39, 0.29) is 18.2 Å². The van der Waals surface area contributed by atoms with Crippen LogP contribution in [-0.2, 0) is 4.74 Å². The van der Waals surface area contributed by atoms with E-state index in [2.05, 4.69) is 21.5 Å². The maximum Gasteiger partial charge on any atom is 0.338 e. The van der Waals surface area contributed by atoms with E-state index in [1.165, 1.54) is 0 Å². The highest BCUT2D eigenvalue weighted by atomic mass is 16.5. The van der Waals surface area contributed by atoms with Gasteiger partial charge in [0.25, 0.3) is 0 Å². The van der Waals surface area contributed by atoms with E-state index in [0.717, 1.165) is 5.69 Å². The number of nitrogens with one attached hydrogen (secondary N) is 4. The Labute approximate surface area is 110 Å². The van der Waals surface area contributed by atoms with E-state index in [1.54, 1.807) is 25.1 Å². The molecule has 2 rings (SSSR count). The Morgan fingerprint density at radius 2 is 2.37 bits per heavy atom. The lowest BCUT2D eigenvalue weighted by atomic mass is 10.2. The Morgan fingerprint density at radius 1 is 1.53 bits per heavy atom. The first-order chi connectivity index (χ1) is 9.19. The number of rotatable bonds is 4. The molecule has 1 aliphatic heterocycles. The Morgan fingerprint density at radius 3 is 3.11 bits per heavy atom. The lowest BCUT2D eigenvalue weighted by molar-refractivity contribution is 0.0526. The lowest BCUT2D eigenvalue weighted by Gasteiger charge is -2.26. The van der Waals surface area contributed by atoms with Gasteiger partial charge >= 0.3 is 12.0 Å². The largest absolute Gasteiger partial charge is 0.462 e. The summed E-state index contributed by atoms with van der Waals surface area (Å²) in [6, 6.07) is 6.64. The molecule has 0 aromatic heterocycles. The van der Waals surface area contributed by atoms with Gasteiger partial charge in [-0.15, -0.1) is 0 Å². The fourth-order valence-electron chi connectivity index (χ4n) is 1.72. The molecule has 1 saturated heterocycles. The van der Waals surface area contributed by atoms with Gasteiger partial charge in [-0.25, -0.2) is 15.0 Å². The van der Waals surface area contributed by atoms with Gasteiger partial charge in [0.15, 0.2) is 0 Å². The summed E-state index contributed by atoms with van der Waals surface area (Å²) in [5, 5.41) is 5.81. The van der Waals surface area contributed by atoms with Gasteiger partial charge in [-0.1, -0.05) is 6.07 Å². The number of urea groups is 1. The van der Waals surface area contributed by atoms with Gasteiger partial charge in [-0.05, 0) is 25.1 Å². The van der Waals surface area contributed by atoms with Crippen LogP contribution in [0.3, 0.4) is 0 Å². The third-order valence-electron chi connectivity index (χ3n) is 2.53. The SMILES string of the molecule is CCOC(=O)c1cccc(NC2CNNC(=O)N2)c1. The molecular weight excluding hydrogens is 248 g/mol. The fourth-order valence-corrected chi connectivity index (χ4v) is 1.72. The van der Waals surface area contributed by atoms with Crippen molar-refractivity contribution < 1.29 is 14.3 Å². The average molecular weight is 264 g/mol. The number of benzene rings is 1. The van der Waals surface area contributed by atoms with E-state index >= 15 is 0 Å². The zero-order valence-electron chi connectivity index (χ0n) is 10.5. The molecule has 1 fully saturated rings. The molecule has 1 aliphatic rings. The van der Waals surface area contributed by atoms with Crippen molar-refractivity contribution >= 4 is 17.7 Å². The number of esters is 1. The zero-order chi connectivity index (χ0) is 13.7. The van der Waals surface area contributed by atoms with Crippen LogP contribution in [-0.4, -0.2) is 31.3 Å². The van der Waals surface area contributed by atoms with E-state index < -0.39 is 0 Å². The molecule has 0 spiro atoms. The first kappa shape index (κ1) is 13.2. The number of ether oxygens (including phenoxy) is 1. The molecule has 1 unspecified atom stereocenters. The predicted octanol–water partition coefficient (Wildman–Crippen LogP) is 0.419. The second-order valence-corrected chi connectivity index (χ2v) is 3.98. The Balaban J connectivity index is 2.02. The van der Waals surface area contributed by atoms with Gasteiger partial charge in [0, 0.05) is 5.69 Å². The minimum Gasteiger partial charge on any atom is -0.462 e. The van der Waals surface area contributed by atoms with Crippen molar-refractivity contribution in [3.8, 4) is 0 Å². The van der Waals surface area contributed by atoms with Gasteiger partial charge < -0.3 is 15.4 Å². The van der Waals surface area contributed by atoms with Crippen molar-refractivity contribution in [1.29, 1.82) is 0 Å². The van der Waals surface area contributed by atoms with E-state index in [0.29, 0.717) is 18.7 Å². The molecule has 1 heterocycles. The molecule has 19 heavy (non-hydrogen) atoms. The Kier molecular flexibility index (Phi) is 4.19. The molecule has 1 aromatic rings. The summed E-state index contributed by atoms with van der Waals surface area (Å²) >= 11 is 0. The number of hydrazine groups is 1. The first-order valence-electron chi connectivity index (χ1n) is 6.02. The number of carbonyl (C=O) groups is 2. The number of carbonyl (C=O) groups excluding carboxylic acids is 2. The van der Waals surface area contributed by atoms with Crippen molar-refractivity contribution in [2.45, 2.75) is 13.1 Å². The highest BCUT2D eigenvalue weighted by Crippen LogP contribution is 2.12. The molecule has 1 aromatic carbocycles. The monoisotopic (exact) mass is 264 g/mol. The van der Waals surface area contributed by atoms with E-state index in [1.807, 2.05) is 6.07 Å². The van der Waals surface area contributed by atoms with Crippen LogP contribution in [0.5, 0.6) is 0 Å². The van der Waals surface area contributed by atoms with Gasteiger partial charge in [-0.2, -0.15) is 0 Å². The van der Waals surface area contributed by atoms with E-state index in [9.17, 15) is 9.59 Å². The third-order valence-corrected chi connectivity index (χ3v) is 2.53. The van der Waals surface area contributed by atoms with Crippen LogP contribution in [0.15, 0.2) is 24.3 Å². The number of anilines is 1. The summed E-state index contributed by atoms with van der Waals surface area (Å²) in [6.07, 6.45) is -0.244. The second-order valence-electron chi connectivity index (χ2n) is 3.98. The third kappa shape index (κ3) is 3.59. The molecular formula is C12H16N4O3. The highest BCUT2D eigenvalue weighted by Gasteiger charge is 2.17. The molecule has 102 valence electrons. The first-order valence-corrected chi connectivity index (χ1v) is 6.02. The minimum atomic E-state index is -0.362. The summed E-state index contributed by atoms with van der Waals surface area (Å²) < 4.78 is 4.93. The molecule has 4 N–H and O–H groups in total. The van der Waals surface area contributed by atoms with Crippen LogP contribution in [0.2, 0.25) is 0 Å². The highest BCUT2D eigenvalue weighted by molar-refractivity contribution is 5.90. The minimum absolute atomic E-state index is 0.244. The summed E-state index contributed by atoms with van der Waals surface area (Å²) in [5.74, 6) is -0.362. The molecule has 7 nitrogen and oxygen atoms in total.